The number of hydrogen-bond donors (Lipinski definition) is 1. The van der Waals surface area contributed by atoms with E-state index < -0.39 is 0 Å². The van der Waals surface area contributed by atoms with E-state index in [2.05, 4.69) is 24.1 Å². The summed E-state index contributed by atoms with van der Waals surface area (Å²) in [7, 11) is 0. The molecule has 0 unspecified atom stereocenters. The average molecular weight is 289 g/mol. The van der Waals surface area contributed by atoms with Crippen LogP contribution < -0.4 is 5.32 Å². The summed E-state index contributed by atoms with van der Waals surface area (Å²) in [6.45, 7) is 8.57. The van der Waals surface area contributed by atoms with Crippen LogP contribution in [0.3, 0.4) is 0 Å². The third-order valence-electron chi connectivity index (χ3n) is 5.03. The molecule has 1 amide bonds. The second kappa shape index (κ2) is 7.49. The number of hydrogen-bond acceptors (Lipinski definition) is 2. The highest BCUT2D eigenvalue weighted by Gasteiger charge is 2.37. The Balaban J connectivity index is 0.00000180. The molecule has 0 aromatic rings. The predicted octanol–water partition coefficient (Wildman–Crippen LogP) is 2.84. The summed E-state index contributed by atoms with van der Waals surface area (Å²) >= 11 is 0. The van der Waals surface area contributed by atoms with Crippen LogP contribution in [0.15, 0.2) is 0 Å². The molecular formula is C15H29ClN2O. The van der Waals surface area contributed by atoms with Crippen molar-refractivity contribution in [3.05, 3.63) is 0 Å². The van der Waals surface area contributed by atoms with E-state index in [4.69, 9.17) is 0 Å². The molecule has 19 heavy (non-hydrogen) atoms. The number of piperidine rings is 2. The maximum absolute atomic E-state index is 12.3. The Bertz CT molecular complexity index is 276. The van der Waals surface area contributed by atoms with E-state index >= 15 is 0 Å². The quantitative estimate of drug-likeness (QED) is 0.866. The van der Waals surface area contributed by atoms with Gasteiger partial charge in [0.1, 0.15) is 0 Å². The number of rotatable bonds is 3. The molecule has 0 atom stereocenters. The number of nitrogens with zero attached hydrogens (tertiary/aromatic N) is 1. The van der Waals surface area contributed by atoms with Gasteiger partial charge in [0.15, 0.2) is 0 Å². The van der Waals surface area contributed by atoms with Gasteiger partial charge in [-0.15, -0.1) is 12.4 Å². The lowest BCUT2D eigenvalue weighted by atomic mass is 9.73. The molecule has 112 valence electrons. The van der Waals surface area contributed by atoms with Crippen molar-refractivity contribution in [2.45, 2.75) is 52.4 Å². The number of carbonyl (C=O) groups is 1. The van der Waals surface area contributed by atoms with E-state index in [0.29, 0.717) is 11.3 Å². The predicted molar refractivity (Wildman–Crippen MR) is 81.7 cm³/mol. The van der Waals surface area contributed by atoms with Crippen LogP contribution in [0.5, 0.6) is 0 Å². The number of amides is 1. The third kappa shape index (κ3) is 3.85. The van der Waals surface area contributed by atoms with Gasteiger partial charge in [-0.05, 0) is 50.5 Å². The van der Waals surface area contributed by atoms with Crippen molar-refractivity contribution in [2.24, 2.45) is 11.3 Å². The van der Waals surface area contributed by atoms with Crippen LogP contribution in [-0.4, -0.2) is 37.0 Å². The Morgan fingerprint density at radius 2 is 1.84 bits per heavy atom. The summed E-state index contributed by atoms with van der Waals surface area (Å²) < 4.78 is 0. The van der Waals surface area contributed by atoms with Gasteiger partial charge in [-0.3, -0.25) is 4.79 Å². The molecular weight excluding hydrogens is 260 g/mol. The van der Waals surface area contributed by atoms with Crippen LogP contribution in [0.1, 0.15) is 52.4 Å². The van der Waals surface area contributed by atoms with Crippen molar-refractivity contribution in [2.75, 3.05) is 26.2 Å². The number of nitrogens with one attached hydrogen (secondary N) is 1. The molecule has 0 aromatic carbocycles. The fourth-order valence-corrected chi connectivity index (χ4v) is 3.55. The molecule has 0 aliphatic carbocycles. The van der Waals surface area contributed by atoms with E-state index in [1.54, 1.807) is 0 Å². The van der Waals surface area contributed by atoms with Crippen molar-refractivity contribution in [3.8, 4) is 0 Å². The molecule has 4 heteroatoms. The lowest BCUT2D eigenvalue weighted by molar-refractivity contribution is -0.138. The van der Waals surface area contributed by atoms with E-state index in [-0.39, 0.29) is 18.3 Å². The van der Waals surface area contributed by atoms with Crippen molar-refractivity contribution < 1.29 is 4.79 Å². The largest absolute Gasteiger partial charge is 0.342 e. The SMILES string of the molecule is CCC(CC)C(=O)N1CCC2(CCCNC2)CC1.Cl. The first-order valence-electron chi connectivity index (χ1n) is 7.70. The fraction of sp³-hybridized carbons (Fsp3) is 0.933. The topological polar surface area (TPSA) is 32.3 Å². The van der Waals surface area contributed by atoms with Gasteiger partial charge in [-0.25, -0.2) is 0 Å². The fourth-order valence-electron chi connectivity index (χ4n) is 3.55. The Labute approximate surface area is 123 Å². The average Bonchev–Trinajstić information content (AvgIpc) is 2.42. The molecule has 0 radical (unpaired) electrons. The van der Waals surface area contributed by atoms with Gasteiger partial charge in [0.25, 0.3) is 0 Å². The van der Waals surface area contributed by atoms with Crippen LogP contribution in [-0.2, 0) is 4.79 Å². The van der Waals surface area contributed by atoms with E-state index in [0.717, 1.165) is 25.9 Å². The molecule has 2 rings (SSSR count). The Hall–Kier alpha value is -0.280. The van der Waals surface area contributed by atoms with E-state index in [1.165, 1.54) is 38.8 Å². The van der Waals surface area contributed by atoms with Gasteiger partial charge in [-0.2, -0.15) is 0 Å². The maximum Gasteiger partial charge on any atom is 0.225 e. The molecule has 3 nitrogen and oxygen atoms in total. The molecule has 0 aromatic heterocycles. The van der Waals surface area contributed by atoms with Gasteiger partial charge in [0, 0.05) is 25.6 Å². The standard InChI is InChI=1S/C15H28N2O.ClH/c1-3-13(4-2)14(18)17-10-7-15(8-11-17)6-5-9-16-12-15;/h13,16H,3-12H2,1-2H3;1H. The van der Waals surface area contributed by atoms with Crippen LogP contribution >= 0.6 is 12.4 Å². The lowest BCUT2D eigenvalue weighted by Gasteiger charge is -2.45. The normalized spacial score (nSPS) is 22.4. The van der Waals surface area contributed by atoms with E-state index in [1.807, 2.05) is 0 Å². The highest BCUT2D eigenvalue weighted by molar-refractivity contribution is 5.85. The van der Waals surface area contributed by atoms with Crippen LogP contribution in [0.25, 0.3) is 0 Å². The molecule has 1 N–H and O–H groups in total. The smallest absolute Gasteiger partial charge is 0.225 e. The van der Waals surface area contributed by atoms with Crippen molar-refractivity contribution in [1.29, 1.82) is 0 Å². The second-order valence-electron chi connectivity index (χ2n) is 6.12. The summed E-state index contributed by atoms with van der Waals surface area (Å²) in [6, 6.07) is 0. The van der Waals surface area contributed by atoms with E-state index in [9.17, 15) is 4.79 Å². The first-order chi connectivity index (χ1) is 8.71. The molecule has 0 saturated carbocycles. The summed E-state index contributed by atoms with van der Waals surface area (Å²) in [4.78, 5) is 14.5. The summed E-state index contributed by atoms with van der Waals surface area (Å²) in [5, 5.41) is 3.53. The minimum absolute atomic E-state index is 0. The zero-order valence-electron chi connectivity index (χ0n) is 12.4. The van der Waals surface area contributed by atoms with Gasteiger partial charge in [0.2, 0.25) is 5.91 Å². The molecule has 2 fully saturated rings. The minimum Gasteiger partial charge on any atom is -0.342 e. The summed E-state index contributed by atoms with van der Waals surface area (Å²) in [5.74, 6) is 0.655. The summed E-state index contributed by atoms with van der Waals surface area (Å²) in [5.41, 5.74) is 0.503. The van der Waals surface area contributed by atoms with Gasteiger partial charge >= 0.3 is 0 Å². The maximum atomic E-state index is 12.3. The monoisotopic (exact) mass is 288 g/mol. The molecule has 2 saturated heterocycles. The van der Waals surface area contributed by atoms with Crippen molar-refractivity contribution in [1.82, 2.24) is 10.2 Å². The molecule has 0 bridgehead atoms. The number of likely N-dealkylation sites (tertiary alicyclic amines) is 1. The van der Waals surface area contributed by atoms with Crippen molar-refractivity contribution >= 4 is 18.3 Å². The molecule has 2 aliphatic heterocycles. The Morgan fingerprint density at radius 1 is 1.21 bits per heavy atom. The first kappa shape index (κ1) is 16.8. The number of carbonyl (C=O) groups excluding carboxylic acids is 1. The van der Waals surface area contributed by atoms with Gasteiger partial charge < -0.3 is 10.2 Å². The summed E-state index contributed by atoms with van der Waals surface area (Å²) in [6.07, 6.45) is 7.03. The van der Waals surface area contributed by atoms with Crippen LogP contribution in [0, 0.1) is 11.3 Å². The zero-order valence-corrected chi connectivity index (χ0v) is 13.2. The Morgan fingerprint density at radius 3 is 2.32 bits per heavy atom. The molecule has 2 aliphatic rings. The minimum atomic E-state index is 0. The highest BCUT2D eigenvalue weighted by Crippen LogP contribution is 2.37. The van der Waals surface area contributed by atoms with Gasteiger partial charge in [0.05, 0.1) is 0 Å². The van der Waals surface area contributed by atoms with Crippen LogP contribution in [0.4, 0.5) is 0 Å². The zero-order chi connectivity index (χ0) is 13.0. The number of halogens is 1. The van der Waals surface area contributed by atoms with Crippen molar-refractivity contribution in [3.63, 3.8) is 0 Å². The Kier molecular flexibility index (Phi) is 6.61. The molecule has 1 spiro atoms. The first-order valence-corrected chi connectivity index (χ1v) is 7.70. The van der Waals surface area contributed by atoms with Gasteiger partial charge in [-0.1, -0.05) is 13.8 Å². The second-order valence-corrected chi connectivity index (χ2v) is 6.12. The highest BCUT2D eigenvalue weighted by atomic mass is 35.5. The van der Waals surface area contributed by atoms with Crippen LogP contribution in [0.2, 0.25) is 0 Å². The molecule has 2 heterocycles. The third-order valence-corrected chi connectivity index (χ3v) is 5.03. The lowest BCUT2D eigenvalue weighted by Crippen LogP contribution is -2.50.